The van der Waals surface area contributed by atoms with Crippen LogP contribution in [0.4, 0.5) is 0 Å². The molecule has 0 radical (unpaired) electrons. The molecule has 2 aliphatic heterocycles. The molecule has 0 unspecified atom stereocenters. The summed E-state index contributed by atoms with van der Waals surface area (Å²) in [6.07, 6.45) is 1.42. The van der Waals surface area contributed by atoms with Crippen molar-refractivity contribution >= 4 is 23.4 Å². The standard InChI is InChI=1S/C27H25ClN2O4/c28-22-10-7-20(8-11-22)27(32)30-16-21(9-12-23(30)19-4-2-1-3-5-19)26(31)29-15-18-6-13-24-25(14-18)34-17-33-24/h1-8,10-11,13-14,21,23H,9,12,15-17H2,(H,29,31)/t21-,23-/m0/s1. The summed E-state index contributed by atoms with van der Waals surface area (Å²) in [6, 6.07) is 22.4. The van der Waals surface area contributed by atoms with E-state index in [1.165, 1.54) is 0 Å². The Kier molecular flexibility index (Phi) is 6.41. The summed E-state index contributed by atoms with van der Waals surface area (Å²) in [5, 5.41) is 3.61. The molecule has 1 N–H and O–H groups in total. The lowest BCUT2D eigenvalue weighted by Gasteiger charge is -2.39. The number of carbonyl (C=O) groups is 2. The Labute approximate surface area is 203 Å². The van der Waals surface area contributed by atoms with Crippen LogP contribution in [0.3, 0.4) is 0 Å². The third-order valence-corrected chi connectivity index (χ3v) is 6.64. The maximum atomic E-state index is 13.5. The Balaban J connectivity index is 1.30. The average Bonchev–Trinajstić information content (AvgIpc) is 3.35. The van der Waals surface area contributed by atoms with Crippen LogP contribution in [0.2, 0.25) is 5.02 Å². The molecule has 2 amide bonds. The molecule has 174 valence electrons. The van der Waals surface area contributed by atoms with Crippen LogP contribution in [0.15, 0.2) is 72.8 Å². The van der Waals surface area contributed by atoms with Crippen molar-refractivity contribution in [1.29, 1.82) is 0 Å². The second-order valence-electron chi connectivity index (χ2n) is 8.57. The molecule has 3 aromatic carbocycles. The molecule has 1 fully saturated rings. The van der Waals surface area contributed by atoms with Gasteiger partial charge in [-0.15, -0.1) is 0 Å². The maximum Gasteiger partial charge on any atom is 0.254 e. The minimum absolute atomic E-state index is 0.0573. The molecular weight excluding hydrogens is 452 g/mol. The number of hydrogen-bond acceptors (Lipinski definition) is 4. The van der Waals surface area contributed by atoms with Gasteiger partial charge >= 0.3 is 0 Å². The maximum absolute atomic E-state index is 13.5. The van der Waals surface area contributed by atoms with Gasteiger partial charge < -0.3 is 19.7 Å². The van der Waals surface area contributed by atoms with Crippen molar-refractivity contribution in [1.82, 2.24) is 10.2 Å². The zero-order chi connectivity index (χ0) is 23.5. The first-order valence-corrected chi connectivity index (χ1v) is 11.7. The van der Waals surface area contributed by atoms with Crippen molar-refractivity contribution in [2.24, 2.45) is 5.92 Å². The van der Waals surface area contributed by atoms with Crippen molar-refractivity contribution in [2.45, 2.75) is 25.4 Å². The number of nitrogens with one attached hydrogen (secondary N) is 1. The van der Waals surface area contributed by atoms with E-state index in [1.54, 1.807) is 24.3 Å². The fourth-order valence-electron chi connectivity index (χ4n) is 4.57. The van der Waals surface area contributed by atoms with Crippen molar-refractivity contribution in [3.63, 3.8) is 0 Å². The van der Waals surface area contributed by atoms with Crippen LogP contribution in [0.1, 0.15) is 40.4 Å². The van der Waals surface area contributed by atoms with E-state index < -0.39 is 0 Å². The highest BCUT2D eigenvalue weighted by Crippen LogP contribution is 2.35. The van der Waals surface area contributed by atoms with Crippen LogP contribution in [0.25, 0.3) is 0 Å². The van der Waals surface area contributed by atoms with Gasteiger partial charge in [-0.25, -0.2) is 0 Å². The van der Waals surface area contributed by atoms with Crippen molar-refractivity contribution in [3.05, 3.63) is 94.5 Å². The zero-order valence-electron chi connectivity index (χ0n) is 18.6. The van der Waals surface area contributed by atoms with Crippen molar-refractivity contribution in [3.8, 4) is 11.5 Å². The fraction of sp³-hybridized carbons (Fsp3) is 0.259. The summed E-state index contributed by atoms with van der Waals surface area (Å²) < 4.78 is 10.8. The van der Waals surface area contributed by atoms with Gasteiger partial charge in [-0.05, 0) is 60.4 Å². The third kappa shape index (κ3) is 4.73. The number of fused-ring (bicyclic) bond motifs is 1. The van der Waals surface area contributed by atoms with E-state index in [-0.39, 0.29) is 30.6 Å². The predicted molar refractivity (Wildman–Crippen MR) is 129 cm³/mol. The van der Waals surface area contributed by atoms with Crippen LogP contribution < -0.4 is 14.8 Å². The van der Waals surface area contributed by atoms with Gasteiger partial charge in [0, 0.05) is 23.7 Å². The molecule has 0 bridgehead atoms. The van der Waals surface area contributed by atoms with E-state index >= 15 is 0 Å². The molecule has 5 rings (SSSR count). The highest BCUT2D eigenvalue weighted by atomic mass is 35.5. The van der Waals surface area contributed by atoms with Crippen molar-refractivity contribution in [2.75, 3.05) is 13.3 Å². The van der Waals surface area contributed by atoms with Gasteiger partial charge in [-0.1, -0.05) is 48.0 Å². The lowest BCUT2D eigenvalue weighted by Crippen LogP contribution is -2.46. The van der Waals surface area contributed by atoms with E-state index in [2.05, 4.69) is 5.32 Å². The number of benzene rings is 3. The molecule has 2 heterocycles. The number of carbonyl (C=O) groups excluding carboxylic acids is 2. The molecule has 2 aliphatic rings. The molecule has 6 nitrogen and oxygen atoms in total. The van der Waals surface area contributed by atoms with Crippen LogP contribution in [0, 0.1) is 5.92 Å². The Morgan fingerprint density at radius 1 is 0.941 bits per heavy atom. The minimum atomic E-state index is -0.287. The molecule has 0 aliphatic carbocycles. The molecule has 1 saturated heterocycles. The van der Waals surface area contributed by atoms with Gasteiger partial charge in [0.05, 0.1) is 12.0 Å². The van der Waals surface area contributed by atoms with Crippen LogP contribution in [-0.4, -0.2) is 30.1 Å². The molecule has 7 heteroatoms. The number of amides is 2. The topological polar surface area (TPSA) is 67.9 Å². The van der Waals surface area contributed by atoms with Gasteiger partial charge in [0.25, 0.3) is 5.91 Å². The van der Waals surface area contributed by atoms with Crippen LogP contribution >= 0.6 is 11.6 Å². The Morgan fingerprint density at radius 3 is 2.50 bits per heavy atom. The van der Waals surface area contributed by atoms with Gasteiger partial charge in [0.15, 0.2) is 11.5 Å². The first-order chi connectivity index (χ1) is 16.6. The van der Waals surface area contributed by atoms with E-state index in [1.807, 2.05) is 53.4 Å². The third-order valence-electron chi connectivity index (χ3n) is 6.39. The smallest absolute Gasteiger partial charge is 0.254 e. The Morgan fingerprint density at radius 2 is 1.71 bits per heavy atom. The van der Waals surface area contributed by atoms with Crippen LogP contribution in [0.5, 0.6) is 11.5 Å². The molecule has 34 heavy (non-hydrogen) atoms. The Hall–Kier alpha value is -3.51. The van der Waals surface area contributed by atoms with E-state index in [0.717, 1.165) is 11.1 Å². The lowest BCUT2D eigenvalue weighted by molar-refractivity contribution is -0.127. The predicted octanol–water partition coefficient (Wildman–Crippen LogP) is 4.98. The summed E-state index contributed by atoms with van der Waals surface area (Å²) in [5.41, 5.74) is 2.57. The normalized spacial score (nSPS) is 19.0. The summed E-state index contributed by atoms with van der Waals surface area (Å²) in [4.78, 5) is 28.4. The molecular formula is C27H25ClN2O4. The van der Waals surface area contributed by atoms with E-state index in [0.29, 0.717) is 48.0 Å². The zero-order valence-corrected chi connectivity index (χ0v) is 19.3. The largest absolute Gasteiger partial charge is 0.454 e. The molecule has 0 aromatic heterocycles. The highest BCUT2D eigenvalue weighted by Gasteiger charge is 2.36. The summed E-state index contributed by atoms with van der Waals surface area (Å²) in [5.74, 6) is 0.961. The van der Waals surface area contributed by atoms with E-state index in [9.17, 15) is 9.59 Å². The molecule has 3 aromatic rings. The van der Waals surface area contributed by atoms with Crippen LogP contribution in [-0.2, 0) is 11.3 Å². The summed E-state index contributed by atoms with van der Waals surface area (Å²) in [6.45, 7) is 0.959. The number of rotatable bonds is 5. The number of halogens is 1. The fourth-order valence-corrected chi connectivity index (χ4v) is 4.70. The summed E-state index contributed by atoms with van der Waals surface area (Å²) in [7, 11) is 0. The highest BCUT2D eigenvalue weighted by molar-refractivity contribution is 6.30. The lowest BCUT2D eigenvalue weighted by atomic mass is 9.87. The second kappa shape index (κ2) is 9.77. The number of ether oxygens (including phenoxy) is 2. The van der Waals surface area contributed by atoms with Gasteiger partial charge in [0.1, 0.15) is 0 Å². The molecule has 2 atom stereocenters. The second-order valence-corrected chi connectivity index (χ2v) is 9.01. The SMILES string of the molecule is O=C(NCc1ccc2c(c1)OCO2)[C@H]1CC[C@@H](c2ccccc2)N(C(=O)c2ccc(Cl)cc2)C1. The number of hydrogen-bond donors (Lipinski definition) is 1. The first-order valence-electron chi connectivity index (χ1n) is 11.4. The monoisotopic (exact) mass is 476 g/mol. The quantitative estimate of drug-likeness (QED) is 0.564. The van der Waals surface area contributed by atoms with E-state index in [4.69, 9.17) is 21.1 Å². The van der Waals surface area contributed by atoms with Crippen molar-refractivity contribution < 1.29 is 19.1 Å². The number of likely N-dealkylation sites (tertiary alicyclic amines) is 1. The molecule has 0 saturated carbocycles. The van der Waals surface area contributed by atoms with Gasteiger partial charge in [0.2, 0.25) is 12.7 Å². The summed E-state index contributed by atoms with van der Waals surface area (Å²) >= 11 is 6.02. The minimum Gasteiger partial charge on any atom is -0.454 e. The number of nitrogens with zero attached hydrogens (tertiary/aromatic N) is 1. The van der Waals surface area contributed by atoms with Gasteiger partial charge in [-0.3, -0.25) is 9.59 Å². The first kappa shape index (κ1) is 22.3. The Bertz CT molecular complexity index is 1180. The average molecular weight is 477 g/mol. The number of piperidine rings is 1. The van der Waals surface area contributed by atoms with Gasteiger partial charge in [-0.2, -0.15) is 0 Å². The molecule has 0 spiro atoms.